The van der Waals surface area contributed by atoms with Gasteiger partial charge in [0.15, 0.2) is 14.7 Å². The van der Waals surface area contributed by atoms with Crippen LogP contribution in [-0.2, 0) is 10.9 Å². The second-order valence-corrected chi connectivity index (χ2v) is 13.2. The van der Waals surface area contributed by atoms with Gasteiger partial charge in [-0.25, -0.2) is 0 Å². The van der Waals surface area contributed by atoms with Crippen LogP contribution in [0.3, 0.4) is 0 Å². The van der Waals surface area contributed by atoms with E-state index in [2.05, 4.69) is 213 Å². The summed E-state index contributed by atoms with van der Waals surface area (Å²) in [7, 11) is -0.0262. The monoisotopic (exact) mass is 596 g/mol. The molecular formula is C43H37BS. The van der Waals surface area contributed by atoms with Gasteiger partial charge >= 0.3 is 0 Å². The lowest BCUT2D eigenvalue weighted by molar-refractivity contribution is 1.25. The molecule has 45 heavy (non-hydrogen) atoms. The van der Waals surface area contributed by atoms with Crippen molar-refractivity contribution in [2.24, 2.45) is 0 Å². The Hall–Kier alpha value is -5.05. The van der Waals surface area contributed by atoms with Gasteiger partial charge in [0.25, 0.3) is 0 Å². The van der Waals surface area contributed by atoms with E-state index < -0.39 is 6.15 Å². The number of benzene rings is 7. The largest absolute Gasteiger partial charge is 0.195 e. The Morgan fingerprint density at radius 3 is 0.889 bits per heavy atom. The second kappa shape index (κ2) is 14.6. The predicted molar refractivity (Wildman–Crippen MR) is 196 cm³/mol. The molecule has 0 aromatic heterocycles. The zero-order valence-electron chi connectivity index (χ0n) is 25.6. The summed E-state index contributed by atoms with van der Waals surface area (Å²) >= 11 is 0. The fraction of sp³-hybridized carbons (Fsp3) is 0.0233. The van der Waals surface area contributed by atoms with Crippen molar-refractivity contribution in [3.63, 3.8) is 0 Å². The molecule has 218 valence electrons. The van der Waals surface area contributed by atoms with Crippen LogP contribution in [0.2, 0.25) is 0 Å². The predicted octanol–water partition coefficient (Wildman–Crippen LogP) is 8.15. The molecule has 7 rings (SSSR count). The molecule has 0 atom stereocenters. The topological polar surface area (TPSA) is 0 Å². The summed E-state index contributed by atoms with van der Waals surface area (Å²) in [5, 5.41) is 0. The quantitative estimate of drug-likeness (QED) is 0.129. The van der Waals surface area contributed by atoms with Gasteiger partial charge in [0.1, 0.15) is 6.15 Å². The molecule has 2 heteroatoms. The van der Waals surface area contributed by atoms with E-state index >= 15 is 0 Å². The fourth-order valence-electron chi connectivity index (χ4n) is 6.41. The zero-order valence-corrected chi connectivity index (χ0v) is 26.4. The second-order valence-electron chi connectivity index (χ2n) is 11.2. The van der Waals surface area contributed by atoms with Crippen LogP contribution in [0.1, 0.15) is 5.56 Å². The van der Waals surface area contributed by atoms with Crippen molar-refractivity contribution in [1.82, 2.24) is 0 Å². The van der Waals surface area contributed by atoms with Crippen LogP contribution in [0, 0.1) is 6.92 Å². The molecule has 0 aliphatic rings. The molecule has 7 aromatic rings. The van der Waals surface area contributed by atoms with E-state index in [0.29, 0.717) is 0 Å². The Morgan fingerprint density at radius 1 is 0.311 bits per heavy atom. The normalized spacial score (nSPS) is 11.0. The zero-order chi connectivity index (χ0) is 30.7. The Bertz CT molecular complexity index is 1670. The molecule has 0 fully saturated rings. The first-order chi connectivity index (χ1) is 22.3. The first-order valence-electron chi connectivity index (χ1n) is 15.6. The number of aryl methyl sites for hydroxylation is 1. The molecule has 0 radical (unpaired) electrons. The standard InChI is InChI=1S/C24H20B.C19H17S/c1-5-13-21(14-6-1)25(22-15-7-2-8-16-22,23-17-9-3-10-18-23)24-19-11-4-12-20-24;1-16-10-8-9-15-19(16)20(17-11-4-2-5-12-17)18-13-6-3-7-14-18/h1-20H;2-15H,1H3/q-1;+1. The third-order valence-corrected chi connectivity index (χ3v) is 10.9. The Kier molecular flexibility index (Phi) is 9.75. The average molecular weight is 597 g/mol. The maximum atomic E-state index is 2.26. The van der Waals surface area contributed by atoms with Gasteiger partial charge in [-0.3, -0.25) is 0 Å². The molecule has 0 amide bonds. The van der Waals surface area contributed by atoms with Crippen LogP contribution in [0.5, 0.6) is 0 Å². The smallest absolute Gasteiger partial charge is 0.169 e. The maximum absolute atomic E-state index is 2.26. The number of hydrogen-bond donors (Lipinski definition) is 0. The summed E-state index contributed by atoms with van der Waals surface area (Å²) in [5.74, 6) is 0. The van der Waals surface area contributed by atoms with Gasteiger partial charge in [-0.05, 0) is 37.3 Å². The van der Waals surface area contributed by atoms with Crippen molar-refractivity contribution >= 4 is 38.9 Å². The van der Waals surface area contributed by atoms with Gasteiger partial charge in [0, 0.05) is 5.56 Å². The highest BCUT2D eigenvalue weighted by atomic mass is 32.2. The molecule has 0 aliphatic heterocycles. The minimum Gasteiger partial charge on any atom is -0.195 e. The molecule has 0 unspecified atom stereocenters. The molecule has 0 heterocycles. The summed E-state index contributed by atoms with van der Waals surface area (Å²) in [5.41, 5.74) is 6.71. The third kappa shape index (κ3) is 6.57. The lowest BCUT2D eigenvalue weighted by Gasteiger charge is -2.44. The number of rotatable bonds is 7. The summed E-state index contributed by atoms with van der Waals surface area (Å²) in [4.78, 5) is 4.14. The maximum Gasteiger partial charge on any atom is 0.169 e. The minimum atomic E-state index is -1.22. The van der Waals surface area contributed by atoms with E-state index in [1.54, 1.807) is 0 Å². The van der Waals surface area contributed by atoms with Crippen LogP contribution in [0.25, 0.3) is 0 Å². The highest BCUT2D eigenvalue weighted by Crippen LogP contribution is 2.32. The van der Waals surface area contributed by atoms with Gasteiger partial charge < -0.3 is 0 Å². The molecular weight excluding hydrogens is 559 g/mol. The lowest BCUT2D eigenvalue weighted by atomic mass is 9.13. The summed E-state index contributed by atoms with van der Waals surface area (Å²) in [6.07, 6.45) is -1.22. The molecule has 0 saturated heterocycles. The van der Waals surface area contributed by atoms with E-state index in [-0.39, 0.29) is 10.9 Å². The fourth-order valence-corrected chi connectivity index (χ4v) is 8.65. The van der Waals surface area contributed by atoms with Crippen molar-refractivity contribution in [1.29, 1.82) is 0 Å². The van der Waals surface area contributed by atoms with Crippen LogP contribution >= 0.6 is 0 Å². The summed E-state index contributed by atoms with van der Waals surface area (Å²) < 4.78 is 0. The molecule has 0 N–H and O–H groups in total. The first-order valence-corrected chi connectivity index (χ1v) is 16.8. The minimum absolute atomic E-state index is 0.0262. The summed E-state index contributed by atoms with van der Waals surface area (Å²) in [6, 6.07) is 73.8. The third-order valence-electron chi connectivity index (χ3n) is 8.47. The van der Waals surface area contributed by atoms with Crippen molar-refractivity contribution in [2.75, 3.05) is 0 Å². The van der Waals surface area contributed by atoms with Gasteiger partial charge in [-0.15, -0.1) is 0 Å². The van der Waals surface area contributed by atoms with E-state index in [4.69, 9.17) is 0 Å². The van der Waals surface area contributed by atoms with Crippen molar-refractivity contribution in [3.8, 4) is 0 Å². The van der Waals surface area contributed by atoms with E-state index in [1.807, 2.05) is 0 Å². The molecule has 0 aliphatic carbocycles. The van der Waals surface area contributed by atoms with Gasteiger partial charge in [0.05, 0.1) is 10.9 Å². The summed E-state index contributed by atoms with van der Waals surface area (Å²) in [6.45, 7) is 2.20. The van der Waals surface area contributed by atoms with Crippen LogP contribution in [0.4, 0.5) is 0 Å². The SMILES string of the molecule is Cc1ccccc1[S+](c1ccccc1)c1ccccc1.c1ccc([B-](c2ccccc2)(c2ccccc2)c2ccccc2)cc1. The van der Waals surface area contributed by atoms with Gasteiger partial charge in [0.2, 0.25) is 0 Å². The van der Waals surface area contributed by atoms with Crippen molar-refractivity contribution in [2.45, 2.75) is 21.6 Å². The molecule has 0 nitrogen and oxygen atoms in total. The highest BCUT2D eigenvalue weighted by molar-refractivity contribution is 7.97. The first kappa shape index (κ1) is 30.0. The molecule has 7 aromatic carbocycles. The number of hydrogen-bond acceptors (Lipinski definition) is 0. The van der Waals surface area contributed by atoms with Crippen LogP contribution in [0.15, 0.2) is 221 Å². The average Bonchev–Trinajstić information content (AvgIpc) is 3.13. The van der Waals surface area contributed by atoms with E-state index in [1.165, 1.54) is 42.1 Å². The van der Waals surface area contributed by atoms with Crippen molar-refractivity contribution < 1.29 is 0 Å². The van der Waals surface area contributed by atoms with E-state index in [9.17, 15) is 0 Å². The van der Waals surface area contributed by atoms with Crippen LogP contribution in [-0.4, -0.2) is 6.15 Å². The van der Waals surface area contributed by atoms with Crippen molar-refractivity contribution in [3.05, 3.63) is 212 Å². The Labute approximate surface area is 271 Å². The van der Waals surface area contributed by atoms with E-state index in [0.717, 1.165) is 0 Å². The molecule has 0 spiro atoms. The lowest BCUT2D eigenvalue weighted by Crippen LogP contribution is -2.74. The van der Waals surface area contributed by atoms with Gasteiger partial charge in [-0.2, -0.15) is 21.9 Å². The molecule has 0 saturated carbocycles. The Morgan fingerprint density at radius 2 is 0.578 bits per heavy atom. The Balaban J connectivity index is 0.000000163. The van der Waals surface area contributed by atoms with Gasteiger partial charge in [-0.1, -0.05) is 176 Å². The molecule has 0 bridgehead atoms. The highest BCUT2D eigenvalue weighted by Gasteiger charge is 2.31. The van der Waals surface area contributed by atoms with Crippen LogP contribution < -0.4 is 21.9 Å².